The molecule has 0 bridgehead atoms. The van der Waals surface area contributed by atoms with Crippen LogP contribution in [0.5, 0.6) is 0 Å². The van der Waals surface area contributed by atoms with Crippen LogP contribution in [0, 0.1) is 0 Å². The lowest BCUT2D eigenvalue weighted by molar-refractivity contribution is 0.406. The van der Waals surface area contributed by atoms with Gasteiger partial charge in [-0.1, -0.05) is 158 Å². The van der Waals surface area contributed by atoms with Gasteiger partial charge in [0.1, 0.15) is 0 Å². The standard InChI is InChI=1S/C59H44N2S/c1-4-19-39(20-5-1)60(40-21-6-2-7-22-40)55-38-53-57(46-28-11-10-26-44(46)55)48-29-13-16-32-51(48)59(53)50-31-15-12-25-43(50)49-37-42(35-36-52(49)59)61(41-23-8-3-9-24-41)54-33-18-30-47-45-27-14-17-34-56(45)62-58(47)54/h1-17,19-29,31-32,34-38,47,54,58H,18,30,33H2. The van der Waals surface area contributed by atoms with Gasteiger partial charge >= 0.3 is 0 Å². The molecule has 3 aliphatic carbocycles. The maximum absolute atomic E-state index is 2.71. The van der Waals surface area contributed by atoms with Crippen LogP contribution in [0.25, 0.3) is 33.0 Å². The Morgan fingerprint density at radius 3 is 1.76 bits per heavy atom. The molecule has 0 saturated heterocycles. The summed E-state index contributed by atoms with van der Waals surface area (Å²) in [6, 6.07) is 80.2. The molecule has 4 aliphatic rings. The van der Waals surface area contributed by atoms with Crippen molar-refractivity contribution in [2.24, 2.45) is 0 Å². The van der Waals surface area contributed by atoms with E-state index in [1.165, 1.54) is 96.5 Å². The third-order valence-corrected chi connectivity index (χ3v) is 15.9. The van der Waals surface area contributed by atoms with E-state index in [9.17, 15) is 0 Å². The van der Waals surface area contributed by atoms with E-state index in [-0.39, 0.29) is 0 Å². The van der Waals surface area contributed by atoms with Crippen molar-refractivity contribution in [1.29, 1.82) is 0 Å². The fourth-order valence-electron chi connectivity index (χ4n) is 12.0. The summed E-state index contributed by atoms with van der Waals surface area (Å²) < 4.78 is 0. The second-order valence-corrected chi connectivity index (χ2v) is 18.6. The van der Waals surface area contributed by atoms with Crippen LogP contribution in [-0.4, -0.2) is 11.3 Å². The molecule has 0 amide bonds. The fourth-order valence-corrected chi connectivity index (χ4v) is 13.6. The lowest BCUT2D eigenvalue weighted by Crippen LogP contribution is -2.43. The number of hydrogen-bond donors (Lipinski definition) is 0. The second-order valence-electron chi connectivity index (χ2n) is 17.4. The van der Waals surface area contributed by atoms with Crippen LogP contribution < -0.4 is 9.80 Å². The molecule has 13 rings (SSSR count). The molecule has 0 aromatic heterocycles. The molecule has 1 heterocycles. The van der Waals surface area contributed by atoms with Crippen molar-refractivity contribution in [1.82, 2.24) is 0 Å². The first-order valence-corrected chi connectivity index (χ1v) is 23.1. The van der Waals surface area contributed by atoms with Crippen molar-refractivity contribution in [3.8, 4) is 22.3 Å². The summed E-state index contributed by atoms with van der Waals surface area (Å²) in [5.41, 5.74) is 17.8. The summed E-state index contributed by atoms with van der Waals surface area (Å²) in [5.74, 6) is 0.571. The third kappa shape index (κ3) is 5.12. The molecule has 4 unspecified atom stereocenters. The van der Waals surface area contributed by atoms with Gasteiger partial charge in [0.15, 0.2) is 0 Å². The second kappa shape index (κ2) is 14.1. The van der Waals surface area contributed by atoms with E-state index in [0.717, 1.165) is 11.4 Å². The molecular weight excluding hydrogens is 769 g/mol. The van der Waals surface area contributed by atoms with E-state index >= 15 is 0 Å². The molecule has 1 aliphatic heterocycles. The van der Waals surface area contributed by atoms with Crippen molar-refractivity contribution < 1.29 is 0 Å². The highest BCUT2D eigenvalue weighted by atomic mass is 32.2. The van der Waals surface area contributed by atoms with Crippen molar-refractivity contribution in [2.45, 2.75) is 46.8 Å². The molecule has 3 heteroatoms. The molecule has 0 radical (unpaired) electrons. The summed E-state index contributed by atoms with van der Waals surface area (Å²) in [4.78, 5) is 6.64. The van der Waals surface area contributed by atoms with Gasteiger partial charge in [0.25, 0.3) is 0 Å². The van der Waals surface area contributed by atoms with Gasteiger partial charge in [-0.2, -0.15) is 0 Å². The van der Waals surface area contributed by atoms with Crippen molar-refractivity contribution >= 4 is 51.0 Å². The first kappa shape index (κ1) is 35.9. The minimum atomic E-state index is -0.509. The molecular formula is C59H44N2S. The van der Waals surface area contributed by atoms with Gasteiger partial charge in [0.05, 0.1) is 11.1 Å². The maximum atomic E-state index is 2.71. The smallest absolute Gasteiger partial charge is 0.0726 e. The van der Waals surface area contributed by atoms with Gasteiger partial charge < -0.3 is 9.80 Å². The average Bonchev–Trinajstić information content (AvgIpc) is 3.97. The molecule has 9 aromatic carbocycles. The Bertz CT molecular complexity index is 3140. The Labute approximate surface area is 368 Å². The number of nitrogens with zero attached hydrogens (tertiary/aromatic N) is 2. The Hall–Kier alpha value is -6.81. The van der Waals surface area contributed by atoms with Gasteiger partial charge in [0, 0.05) is 44.3 Å². The summed E-state index contributed by atoms with van der Waals surface area (Å²) in [6.07, 6.45) is 3.66. The van der Waals surface area contributed by atoms with Gasteiger partial charge in [-0.05, 0) is 135 Å². The summed E-state index contributed by atoms with van der Waals surface area (Å²) in [7, 11) is 0. The first-order valence-electron chi connectivity index (χ1n) is 22.2. The monoisotopic (exact) mass is 812 g/mol. The molecule has 1 fully saturated rings. The number of thioether (sulfide) groups is 1. The first-order chi connectivity index (χ1) is 30.8. The van der Waals surface area contributed by atoms with Crippen molar-refractivity contribution in [3.05, 3.63) is 240 Å². The van der Waals surface area contributed by atoms with E-state index < -0.39 is 5.41 Å². The van der Waals surface area contributed by atoms with Gasteiger partial charge in [-0.3, -0.25) is 0 Å². The van der Waals surface area contributed by atoms with Crippen molar-refractivity contribution in [2.75, 3.05) is 9.80 Å². The number of anilines is 5. The zero-order valence-corrected chi connectivity index (χ0v) is 35.2. The predicted molar refractivity (Wildman–Crippen MR) is 260 cm³/mol. The molecule has 62 heavy (non-hydrogen) atoms. The lowest BCUT2D eigenvalue weighted by atomic mass is 9.70. The fraction of sp³-hybridized carbons (Fsp3) is 0.119. The quantitative estimate of drug-likeness (QED) is 0.165. The molecule has 1 saturated carbocycles. The SMILES string of the molecule is c1ccc(N(c2ccccc2)c2cc3c(c4ccccc24)-c2ccccc2C32c3ccccc3-c3cc(N(c4ccccc4)C4CCCC5c6ccccc6SC54)ccc32)cc1. The van der Waals surface area contributed by atoms with Gasteiger partial charge in [-0.25, -0.2) is 0 Å². The minimum absolute atomic E-state index is 0.362. The number of rotatable bonds is 6. The summed E-state index contributed by atoms with van der Waals surface area (Å²) in [6.45, 7) is 0. The van der Waals surface area contributed by atoms with E-state index in [4.69, 9.17) is 0 Å². The molecule has 0 N–H and O–H groups in total. The van der Waals surface area contributed by atoms with Crippen LogP contribution in [-0.2, 0) is 5.41 Å². The normalized spacial score (nSPS) is 19.9. The Balaban J connectivity index is 1.06. The lowest BCUT2D eigenvalue weighted by Gasteiger charge is -2.42. The zero-order chi connectivity index (χ0) is 40.8. The Morgan fingerprint density at radius 1 is 0.435 bits per heavy atom. The highest BCUT2D eigenvalue weighted by Gasteiger charge is 2.53. The summed E-state index contributed by atoms with van der Waals surface area (Å²) in [5, 5.41) is 3.01. The Kier molecular flexibility index (Phi) is 8.18. The van der Waals surface area contributed by atoms with Gasteiger partial charge in [0.2, 0.25) is 0 Å². The maximum Gasteiger partial charge on any atom is 0.0726 e. The number of para-hydroxylation sites is 3. The summed E-state index contributed by atoms with van der Waals surface area (Å²) >= 11 is 2.12. The molecule has 1 spiro atoms. The molecule has 4 atom stereocenters. The topological polar surface area (TPSA) is 6.48 Å². The van der Waals surface area contributed by atoms with Crippen molar-refractivity contribution in [3.63, 3.8) is 0 Å². The van der Waals surface area contributed by atoms with Crippen LogP contribution >= 0.6 is 11.8 Å². The van der Waals surface area contributed by atoms with Crippen LogP contribution in [0.2, 0.25) is 0 Å². The molecule has 9 aromatic rings. The number of fused-ring (bicyclic) bond motifs is 15. The Morgan fingerprint density at radius 2 is 1.02 bits per heavy atom. The molecule has 2 nitrogen and oxygen atoms in total. The van der Waals surface area contributed by atoms with Crippen LogP contribution in [0.4, 0.5) is 28.4 Å². The highest BCUT2D eigenvalue weighted by Crippen LogP contribution is 2.65. The zero-order valence-electron chi connectivity index (χ0n) is 34.4. The van der Waals surface area contributed by atoms with E-state index in [1.807, 2.05) is 0 Å². The molecule has 296 valence electrons. The average molecular weight is 813 g/mol. The van der Waals surface area contributed by atoms with Crippen LogP contribution in [0.15, 0.2) is 217 Å². The number of benzene rings is 9. The third-order valence-electron chi connectivity index (χ3n) is 14.3. The predicted octanol–water partition coefficient (Wildman–Crippen LogP) is 15.6. The van der Waals surface area contributed by atoms with E-state index in [1.54, 1.807) is 5.56 Å². The highest BCUT2D eigenvalue weighted by molar-refractivity contribution is 8.00. The number of hydrogen-bond acceptors (Lipinski definition) is 3. The van der Waals surface area contributed by atoms with Crippen LogP contribution in [0.3, 0.4) is 0 Å². The van der Waals surface area contributed by atoms with E-state index in [2.05, 4.69) is 234 Å². The largest absolute Gasteiger partial charge is 0.337 e. The van der Waals surface area contributed by atoms with Crippen LogP contribution in [0.1, 0.15) is 53.0 Å². The van der Waals surface area contributed by atoms with E-state index in [0.29, 0.717) is 17.2 Å². The minimum Gasteiger partial charge on any atom is -0.337 e. The van der Waals surface area contributed by atoms with Gasteiger partial charge in [-0.15, -0.1) is 11.8 Å².